The third-order valence-electron chi connectivity index (χ3n) is 7.81. The van der Waals surface area contributed by atoms with Crippen molar-refractivity contribution in [3.8, 4) is 11.5 Å². The van der Waals surface area contributed by atoms with Crippen molar-refractivity contribution < 1.29 is 14.3 Å². The molecule has 3 fully saturated rings. The average Bonchev–Trinajstić information content (AvgIpc) is 3.59. The van der Waals surface area contributed by atoms with Crippen LogP contribution in [0.25, 0.3) is 0 Å². The number of anilines is 1. The number of amides is 1. The van der Waals surface area contributed by atoms with E-state index in [0.29, 0.717) is 12.5 Å². The van der Waals surface area contributed by atoms with E-state index in [-0.39, 0.29) is 18.1 Å². The molecule has 2 saturated heterocycles. The summed E-state index contributed by atoms with van der Waals surface area (Å²) >= 11 is 0. The maximum absolute atomic E-state index is 13.4. The number of ether oxygens (including phenoxy) is 2. The molecule has 2 heterocycles. The molecule has 6 heteroatoms. The van der Waals surface area contributed by atoms with Gasteiger partial charge in [0, 0.05) is 43.9 Å². The standard InChI is InChI=1S/C29H39N3O3/c1-34-27-14-13-24(20-28(27)35-26-11-5-6-12-26)31-16-17-32(29(33)19-23-10-7-15-30-23)25(21-31)18-22-8-3-2-4-9-22/h2-4,8-9,13-14,20,23,25-26,30H,5-7,10-12,15-19,21H2,1H3/t23-,25-/m0/s1. The Bertz CT molecular complexity index is 970. The zero-order valence-corrected chi connectivity index (χ0v) is 21.0. The van der Waals surface area contributed by atoms with E-state index in [2.05, 4.69) is 57.6 Å². The van der Waals surface area contributed by atoms with Gasteiger partial charge < -0.3 is 24.6 Å². The van der Waals surface area contributed by atoms with Gasteiger partial charge in [-0.3, -0.25) is 4.79 Å². The molecule has 0 unspecified atom stereocenters. The molecule has 3 aliphatic rings. The van der Waals surface area contributed by atoms with E-state index in [1.54, 1.807) is 7.11 Å². The second-order valence-corrected chi connectivity index (χ2v) is 10.2. The van der Waals surface area contributed by atoms with Crippen molar-refractivity contribution in [1.29, 1.82) is 0 Å². The van der Waals surface area contributed by atoms with E-state index in [1.165, 1.54) is 24.8 Å². The van der Waals surface area contributed by atoms with Gasteiger partial charge in [-0.2, -0.15) is 0 Å². The van der Waals surface area contributed by atoms with Crippen molar-refractivity contribution >= 4 is 11.6 Å². The van der Waals surface area contributed by atoms with Gasteiger partial charge in [0.15, 0.2) is 11.5 Å². The second kappa shape index (κ2) is 11.3. The summed E-state index contributed by atoms with van der Waals surface area (Å²) in [5.74, 6) is 1.91. The van der Waals surface area contributed by atoms with E-state index in [4.69, 9.17) is 9.47 Å². The largest absolute Gasteiger partial charge is 0.493 e. The molecule has 2 atom stereocenters. The zero-order valence-electron chi connectivity index (χ0n) is 21.0. The molecular weight excluding hydrogens is 438 g/mol. The minimum Gasteiger partial charge on any atom is -0.493 e. The summed E-state index contributed by atoms with van der Waals surface area (Å²) in [6.07, 6.45) is 8.72. The van der Waals surface area contributed by atoms with Gasteiger partial charge >= 0.3 is 0 Å². The molecule has 0 aromatic heterocycles. The zero-order chi connectivity index (χ0) is 24.0. The third-order valence-corrected chi connectivity index (χ3v) is 7.81. The van der Waals surface area contributed by atoms with Crippen LogP contribution in [0, 0.1) is 0 Å². The number of carbonyl (C=O) groups excluding carboxylic acids is 1. The highest BCUT2D eigenvalue weighted by atomic mass is 16.5. The van der Waals surface area contributed by atoms with Crippen molar-refractivity contribution in [2.24, 2.45) is 0 Å². The Labute approximate surface area is 209 Å². The molecule has 2 aromatic carbocycles. The molecule has 1 amide bonds. The fourth-order valence-corrected chi connectivity index (χ4v) is 5.88. The Hall–Kier alpha value is -2.73. The number of nitrogens with zero attached hydrogens (tertiary/aromatic N) is 2. The summed E-state index contributed by atoms with van der Waals surface area (Å²) in [4.78, 5) is 17.9. The smallest absolute Gasteiger partial charge is 0.224 e. The lowest BCUT2D eigenvalue weighted by Crippen LogP contribution is -2.56. The maximum atomic E-state index is 13.4. The summed E-state index contributed by atoms with van der Waals surface area (Å²) in [6.45, 7) is 3.41. The fraction of sp³-hybridized carbons (Fsp3) is 0.552. The van der Waals surface area contributed by atoms with Gasteiger partial charge in [0.05, 0.1) is 19.3 Å². The first-order valence-corrected chi connectivity index (χ1v) is 13.4. The Balaban J connectivity index is 1.33. The molecule has 1 saturated carbocycles. The molecule has 0 radical (unpaired) electrons. The van der Waals surface area contributed by atoms with Crippen molar-refractivity contribution in [1.82, 2.24) is 10.2 Å². The van der Waals surface area contributed by atoms with E-state index in [9.17, 15) is 4.79 Å². The Kier molecular flexibility index (Phi) is 7.77. The van der Waals surface area contributed by atoms with E-state index < -0.39 is 0 Å². The van der Waals surface area contributed by atoms with Crippen LogP contribution >= 0.6 is 0 Å². The first kappa shape index (κ1) is 24.0. The summed E-state index contributed by atoms with van der Waals surface area (Å²) in [7, 11) is 1.70. The number of hydrogen-bond acceptors (Lipinski definition) is 5. The van der Waals surface area contributed by atoms with Gasteiger partial charge in [-0.05, 0) is 69.2 Å². The first-order chi connectivity index (χ1) is 17.2. The van der Waals surface area contributed by atoms with Crippen LogP contribution in [0.3, 0.4) is 0 Å². The Morgan fingerprint density at radius 1 is 1.00 bits per heavy atom. The molecule has 2 aliphatic heterocycles. The average molecular weight is 478 g/mol. The summed E-state index contributed by atoms with van der Waals surface area (Å²) < 4.78 is 12.0. The summed E-state index contributed by atoms with van der Waals surface area (Å²) in [5.41, 5.74) is 2.41. The van der Waals surface area contributed by atoms with Crippen molar-refractivity contribution in [2.45, 2.75) is 69.6 Å². The number of benzene rings is 2. The molecule has 1 aliphatic carbocycles. The van der Waals surface area contributed by atoms with Gasteiger partial charge in [0.2, 0.25) is 5.91 Å². The number of carbonyl (C=O) groups is 1. The lowest BCUT2D eigenvalue weighted by Gasteiger charge is -2.43. The summed E-state index contributed by atoms with van der Waals surface area (Å²) in [5, 5.41) is 3.49. The second-order valence-electron chi connectivity index (χ2n) is 10.2. The van der Waals surface area contributed by atoms with Crippen LogP contribution in [-0.2, 0) is 11.2 Å². The molecule has 188 valence electrons. The van der Waals surface area contributed by atoms with Gasteiger partial charge in [-0.15, -0.1) is 0 Å². The highest BCUT2D eigenvalue weighted by molar-refractivity contribution is 5.78. The highest BCUT2D eigenvalue weighted by Gasteiger charge is 2.32. The summed E-state index contributed by atoms with van der Waals surface area (Å²) in [6, 6.07) is 17.3. The highest BCUT2D eigenvalue weighted by Crippen LogP contribution is 2.36. The SMILES string of the molecule is COc1ccc(N2CCN(C(=O)C[C@@H]3CCCN3)[C@@H](Cc3ccccc3)C2)cc1OC1CCCC1. The van der Waals surface area contributed by atoms with Crippen LogP contribution in [0.15, 0.2) is 48.5 Å². The topological polar surface area (TPSA) is 54.0 Å². The van der Waals surface area contributed by atoms with Gasteiger partial charge in [0.1, 0.15) is 0 Å². The van der Waals surface area contributed by atoms with Crippen LogP contribution in [-0.4, -0.2) is 62.3 Å². The van der Waals surface area contributed by atoms with Gasteiger partial charge in [-0.25, -0.2) is 0 Å². The van der Waals surface area contributed by atoms with Crippen LogP contribution < -0.4 is 19.7 Å². The molecule has 2 aromatic rings. The molecule has 0 spiro atoms. The van der Waals surface area contributed by atoms with Gasteiger partial charge in [0.25, 0.3) is 0 Å². The van der Waals surface area contributed by atoms with Gasteiger partial charge in [-0.1, -0.05) is 30.3 Å². The van der Waals surface area contributed by atoms with Crippen LogP contribution in [0.1, 0.15) is 50.5 Å². The van der Waals surface area contributed by atoms with Crippen LogP contribution in [0.4, 0.5) is 5.69 Å². The van der Waals surface area contributed by atoms with E-state index >= 15 is 0 Å². The molecule has 5 rings (SSSR count). The minimum absolute atomic E-state index is 0.140. The predicted molar refractivity (Wildman–Crippen MR) is 139 cm³/mol. The van der Waals surface area contributed by atoms with Crippen molar-refractivity contribution in [2.75, 3.05) is 38.2 Å². The Morgan fingerprint density at radius 3 is 2.57 bits per heavy atom. The number of nitrogens with one attached hydrogen (secondary N) is 1. The van der Waals surface area contributed by atoms with Crippen LogP contribution in [0.5, 0.6) is 11.5 Å². The normalized spacial score (nSPS) is 23.0. The maximum Gasteiger partial charge on any atom is 0.224 e. The monoisotopic (exact) mass is 477 g/mol. The Morgan fingerprint density at radius 2 is 1.83 bits per heavy atom. The lowest BCUT2D eigenvalue weighted by molar-refractivity contribution is -0.134. The van der Waals surface area contributed by atoms with Crippen molar-refractivity contribution in [3.63, 3.8) is 0 Å². The molecule has 35 heavy (non-hydrogen) atoms. The number of rotatable bonds is 8. The molecule has 6 nitrogen and oxygen atoms in total. The lowest BCUT2D eigenvalue weighted by atomic mass is 10.00. The predicted octanol–water partition coefficient (Wildman–Crippen LogP) is 4.42. The first-order valence-electron chi connectivity index (χ1n) is 13.4. The van der Waals surface area contributed by atoms with E-state index in [1.807, 2.05) is 6.07 Å². The quantitative estimate of drug-likeness (QED) is 0.610. The number of methoxy groups -OCH3 is 1. The third kappa shape index (κ3) is 5.92. The minimum atomic E-state index is 0.140. The van der Waals surface area contributed by atoms with Crippen LogP contribution in [0.2, 0.25) is 0 Å². The molecule has 0 bridgehead atoms. The fourth-order valence-electron chi connectivity index (χ4n) is 5.88. The van der Waals surface area contributed by atoms with E-state index in [0.717, 1.165) is 69.0 Å². The molecule has 1 N–H and O–H groups in total. The van der Waals surface area contributed by atoms with Crippen molar-refractivity contribution in [3.05, 3.63) is 54.1 Å². The molecular formula is C29H39N3O3. The number of piperazine rings is 1. The number of hydrogen-bond donors (Lipinski definition) is 1.